The summed E-state index contributed by atoms with van der Waals surface area (Å²) in [5.41, 5.74) is 2.15. The molecule has 1 rings (SSSR count). The first kappa shape index (κ1) is 14.7. The van der Waals surface area contributed by atoms with Crippen molar-refractivity contribution < 1.29 is 13.9 Å². The number of aryl methyl sites for hydroxylation is 1. The predicted octanol–water partition coefficient (Wildman–Crippen LogP) is 3.43. The van der Waals surface area contributed by atoms with E-state index < -0.39 is 0 Å². The summed E-state index contributed by atoms with van der Waals surface area (Å²) in [5, 5.41) is 3.11. The van der Waals surface area contributed by atoms with E-state index >= 15 is 0 Å². The number of carbonyl (C=O) groups is 1. The van der Waals surface area contributed by atoms with Gasteiger partial charge in [0.05, 0.1) is 11.6 Å². The fourth-order valence-corrected chi connectivity index (χ4v) is 1.74. The maximum atomic E-state index is 13.2. The predicted molar refractivity (Wildman–Crippen MR) is 73.1 cm³/mol. The minimum Gasteiger partial charge on any atom is -0.466 e. The van der Waals surface area contributed by atoms with Gasteiger partial charge in [-0.3, -0.25) is 0 Å². The lowest BCUT2D eigenvalue weighted by molar-refractivity contribution is -0.136. The van der Waals surface area contributed by atoms with Gasteiger partial charge in [-0.2, -0.15) is 0 Å². The van der Waals surface area contributed by atoms with E-state index in [2.05, 4.69) is 26.0 Å². The lowest BCUT2D eigenvalue weighted by atomic mass is 10.2. The molecule has 0 bridgehead atoms. The van der Waals surface area contributed by atoms with Gasteiger partial charge < -0.3 is 10.1 Å². The highest BCUT2D eigenvalue weighted by Gasteiger charge is 2.05. The van der Waals surface area contributed by atoms with E-state index in [0.29, 0.717) is 16.6 Å². The quantitative estimate of drug-likeness (QED) is 0.683. The minimum atomic E-state index is -0.353. The molecule has 0 radical (unpaired) electrons. The number of halogens is 2. The zero-order valence-electron chi connectivity index (χ0n) is 10.5. The number of hydrogen-bond donors (Lipinski definition) is 1. The van der Waals surface area contributed by atoms with Gasteiger partial charge in [-0.15, -0.1) is 0 Å². The fourth-order valence-electron chi connectivity index (χ4n) is 1.40. The first-order valence-electron chi connectivity index (χ1n) is 5.40. The summed E-state index contributed by atoms with van der Waals surface area (Å²) >= 11 is 3.13. The molecule has 98 valence electrons. The molecule has 0 fully saturated rings. The smallest absolute Gasteiger partial charge is 0.333 e. The number of ether oxygens (including phenoxy) is 1. The number of nitrogens with one attached hydrogen (secondary N) is 1. The molecule has 0 heterocycles. The van der Waals surface area contributed by atoms with Gasteiger partial charge in [-0.1, -0.05) is 6.08 Å². The van der Waals surface area contributed by atoms with Crippen molar-refractivity contribution in [2.24, 2.45) is 0 Å². The molecule has 0 atom stereocenters. The molecule has 0 saturated carbocycles. The van der Waals surface area contributed by atoms with E-state index in [9.17, 15) is 9.18 Å². The summed E-state index contributed by atoms with van der Waals surface area (Å²) in [5.74, 6) is -0.645. The molecule has 0 aromatic heterocycles. The van der Waals surface area contributed by atoms with E-state index in [1.54, 1.807) is 19.1 Å². The second-order valence-electron chi connectivity index (χ2n) is 3.84. The minimum absolute atomic E-state index is 0.292. The molecule has 0 aliphatic heterocycles. The highest BCUT2D eigenvalue weighted by molar-refractivity contribution is 9.10. The second kappa shape index (κ2) is 6.54. The van der Waals surface area contributed by atoms with E-state index in [1.165, 1.54) is 13.2 Å². The van der Waals surface area contributed by atoms with Crippen LogP contribution in [0.4, 0.5) is 10.1 Å². The average Bonchev–Trinajstić information content (AvgIpc) is 2.34. The first-order chi connectivity index (χ1) is 8.45. The van der Waals surface area contributed by atoms with Crippen molar-refractivity contribution in [2.45, 2.75) is 13.8 Å². The number of esters is 1. The number of methoxy groups -OCH3 is 1. The zero-order valence-corrected chi connectivity index (χ0v) is 12.1. The second-order valence-corrected chi connectivity index (χ2v) is 4.70. The molecular formula is C13H15BrFNO2. The molecule has 1 aromatic carbocycles. The summed E-state index contributed by atoms with van der Waals surface area (Å²) in [6.07, 6.45) is 1.72. The molecule has 18 heavy (non-hydrogen) atoms. The molecule has 3 nitrogen and oxygen atoms in total. The van der Waals surface area contributed by atoms with Crippen LogP contribution in [0.15, 0.2) is 28.3 Å². The molecule has 0 unspecified atom stereocenters. The molecule has 0 amide bonds. The Morgan fingerprint density at radius 3 is 2.83 bits per heavy atom. The highest BCUT2D eigenvalue weighted by Crippen LogP contribution is 2.24. The Hall–Kier alpha value is -1.36. The van der Waals surface area contributed by atoms with E-state index in [-0.39, 0.29) is 11.8 Å². The van der Waals surface area contributed by atoms with E-state index in [1.807, 2.05) is 6.92 Å². The van der Waals surface area contributed by atoms with E-state index in [4.69, 9.17) is 0 Å². The number of benzene rings is 1. The summed E-state index contributed by atoms with van der Waals surface area (Å²) in [6.45, 7) is 3.97. The first-order valence-corrected chi connectivity index (χ1v) is 6.19. The monoisotopic (exact) mass is 315 g/mol. The van der Waals surface area contributed by atoms with Crippen molar-refractivity contribution in [3.63, 3.8) is 0 Å². The van der Waals surface area contributed by atoms with Crippen LogP contribution in [0.3, 0.4) is 0 Å². The number of anilines is 1. The van der Waals surface area contributed by atoms with Crippen LogP contribution < -0.4 is 5.32 Å². The van der Waals surface area contributed by atoms with Crippen molar-refractivity contribution in [2.75, 3.05) is 19.0 Å². The number of hydrogen-bond acceptors (Lipinski definition) is 3. The summed E-state index contributed by atoms with van der Waals surface area (Å²) in [7, 11) is 1.34. The van der Waals surface area contributed by atoms with Gasteiger partial charge in [-0.25, -0.2) is 9.18 Å². The Morgan fingerprint density at radius 1 is 1.56 bits per heavy atom. The maximum absolute atomic E-state index is 13.2. The van der Waals surface area contributed by atoms with Gasteiger partial charge in [0.15, 0.2) is 0 Å². The molecule has 0 aliphatic carbocycles. The third-order valence-electron chi connectivity index (χ3n) is 2.48. The fraction of sp³-hybridized carbons (Fsp3) is 0.308. The Kier molecular flexibility index (Phi) is 5.34. The molecule has 0 aliphatic rings. The Bertz CT molecular complexity index is 486. The molecule has 1 N–H and O–H groups in total. The Morgan fingerprint density at radius 2 is 2.22 bits per heavy atom. The van der Waals surface area contributed by atoms with Gasteiger partial charge in [-0.05, 0) is 47.5 Å². The normalized spacial score (nSPS) is 11.3. The third kappa shape index (κ3) is 3.84. The van der Waals surface area contributed by atoms with Crippen molar-refractivity contribution >= 4 is 27.6 Å². The van der Waals surface area contributed by atoms with Crippen molar-refractivity contribution in [3.05, 3.63) is 39.6 Å². The SMILES string of the molecule is COC(=O)/C(C)=C/CNc1cc(Br)c(F)cc1C. The average molecular weight is 316 g/mol. The van der Waals surface area contributed by atoms with Crippen LogP contribution >= 0.6 is 15.9 Å². The summed E-state index contributed by atoms with van der Waals surface area (Å²) in [6, 6.07) is 3.12. The topological polar surface area (TPSA) is 38.3 Å². The standard InChI is InChI=1S/C13H15BrFNO2/c1-8(13(17)18-3)4-5-16-12-7-10(14)11(15)6-9(12)2/h4,6-7,16H,5H2,1-3H3/b8-4+. The van der Waals surface area contributed by atoms with Crippen LogP contribution in [0.5, 0.6) is 0 Å². The van der Waals surface area contributed by atoms with Crippen LogP contribution in [-0.4, -0.2) is 19.6 Å². The van der Waals surface area contributed by atoms with Crippen molar-refractivity contribution in [3.8, 4) is 0 Å². The lowest BCUT2D eigenvalue weighted by Gasteiger charge is -2.09. The Balaban J connectivity index is 2.70. The molecular weight excluding hydrogens is 301 g/mol. The van der Waals surface area contributed by atoms with Gasteiger partial charge in [0, 0.05) is 17.8 Å². The van der Waals surface area contributed by atoms with Crippen LogP contribution in [0, 0.1) is 12.7 Å². The Labute approximate surface area is 114 Å². The highest BCUT2D eigenvalue weighted by atomic mass is 79.9. The molecule has 0 spiro atoms. The molecule has 5 heteroatoms. The van der Waals surface area contributed by atoms with Gasteiger partial charge in [0.1, 0.15) is 5.82 Å². The van der Waals surface area contributed by atoms with Crippen LogP contribution in [0.2, 0.25) is 0 Å². The third-order valence-corrected chi connectivity index (χ3v) is 3.08. The van der Waals surface area contributed by atoms with Crippen LogP contribution in [-0.2, 0) is 9.53 Å². The largest absolute Gasteiger partial charge is 0.466 e. The van der Waals surface area contributed by atoms with Gasteiger partial charge >= 0.3 is 5.97 Å². The summed E-state index contributed by atoms with van der Waals surface area (Å²) in [4.78, 5) is 11.1. The molecule has 0 saturated heterocycles. The number of carbonyl (C=O) groups excluding carboxylic acids is 1. The summed E-state index contributed by atoms with van der Waals surface area (Å²) < 4.78 is 18.2. The van der Waals surface area contributed by atoms with Crippen molar-refractivity contribution in [1.82, 2.24) is 0 Å². The van der Waals surface area contributed by atoms with Crippen LogP contribution in [0.25, 0.3) is 0 Å². The van der Waals surface area contributed by atoms with Crippen LogP contribution in [0.1, 0.15) is 12.5 Å². The number of rotatable bonds is 4. The lowest BCUT2D eigenvalue weighted by Crippen LogP contribution is -2.06. The molecule has 1 aromatic rings. The maximum Gasteiger partial charge on any atom is 0.333 e. The van der Waals surface area contributed by atoms with Gasteiger partial charge in [0.2, 0.25) is 0 Å². The zero-order chi connectivity index (χ0) is 13.7. The van der Waals surface area contributed by atoms with E-state index in [0.717, 1.165) is 11.3 Å². The van der Waals surface area contributed by atoms with Crippen molar-refractivity contribution in [1.29, 1.82) is 0 Å². The van der Waals surface area contributed by atoms with Gasteiger partial charge in [0.25, 0.3) is 0 Å².